The SMILES string of the molecule is CCC(CC)(O[P+](=O)OC(CC)(CC)N1C(=O)c2ccccc2C1=O)N1C(=O)c2ccccc2C1=O.Nc1ccc(F)c(Cl)c1F. The van der Waals surface area contributed by atoms with Gasteiger partial charge in [-0.25, -0.2) is 18.6 Å². The van der Waals surface area contributed by atoms with Crippen molar-refractivity contribution in [1.82, 2.24) is 9.80 Å². The zero-order valence-corrected chi connectivity index (χ0v) is 27.2. The van der Waals surface area contributed by atoms with Crippen molar-refractivity contribution in [2.75, 3.05) is 5.73 Å². The zero-order valence-electron chi connectivity index (χ0n) is 25.5. The molecule has 4 amide bonds. The van der Waals surface area contributed by atoms with E-state index in [1.807, 2.05) is 0 Å². The Morgan fingerprint density at radius 2 is 1.00 bits per heavy atom. The van der Waals surface area contributed by atoms with Gasteiger partial charge in [-0.1, -0.05) is 72.6 Å². The molecule has 2 N–H and O–H groups in total. The van der Waals surface area contributed by atoms with Crippen molar-refractivity contribution in [3.63, 3.8) is 0 Å². The minimum atomic E-state index is -2.98. The number of carbonyl (C=O) groups excluding carboxylic acids is 4. The van der Waals surface area contributed by atoms with Crippen molar-refractivity contribution in [1.29, 1.82) is 0 Å². The number of anilines is 1. The molecule has 0 radical (unpaired) electrons. The monoisotopic (exact) mass is 674 g/mol. The number of halogens is 3. The van der Waals surface area contributed by atoms with Crippen molar-refractivity contribution < 1.29 is 41.6 Å². The lowest BCUT2D eigenvalue weighted by atomic mass is 10.1. The molecule has 5 rings (SSSR count). The molecule has 0 spiro atoms. The fourth-order valence-electron chi connectivity index (χ4n) is 5.43. The molecule has 0 aliphatic carbocycles. The maximum absolute atomic E-state index is 13.4. The predicted octanol–water partition coefficient (Wildman–Crippen LogP) is 7.50. The zero-order chi connectivity index (χ0) is 34.0. The van der Waals surface area contributed by atoms with Gasteiger partial charge in [-0.2, -0.15) is 0 Å². The number of imide groups is 2. The van der Waals surface area contributed by atoms with E-state index in [9.17, 15) is 32.5 Å². The van der Waals surface area contributed by atoms with E-state index in [-0.39, 0.29) is 53.6 Å². The molecule has 2 aliphatic rings. The lowest BCUT2D eigenvalue weighted by Crippen LogP contribution is -2.54. The van der Waals surface area contributed by atoms with E-state index < -0.39 is 60.0 Å². The topological polar surface area (TPSA) is 136 Å². The molecule has 0 saturated carbocycles. The van der Waals surface area contributed by atoms with Gasteiger partial charge < -0.3 is 5.73 Å². The molecular weight excluding hydrogens is 643 g/mol. The standard InChI is InChI=1S/C26H28N2O7P.C6H4ClF2N/c1-5-25(6-2,27-21(29)17-13-9-10-14-18(17)22(27)30)34-36(33)35-26(7-3,8-4)28-23(31)19-15-11-12-16-20(19)24(28)32;7-5-3(8)1-2-4(10)6(5)9/h9-16H,5-8H2,1-4H3;1-2H,10H2/q+1;. The van der Waals surface area contributed by atoms with Gasteiger partial charge in [0.15, 0.2) is 5.82 Å². The highest BCUT2D eigenvalue weighted by atomic mass is 35.5. The number of carbonyl (C=O) groups is 4. The average Bonchev–Trinajstić information content (AvgIpc) is 3.48. The normalized spacial score (nSPS) is 14.3. The Hall–Kier alpha value is -4.09. The Morgan fingerprint density at radius 1 is 0.674 bits per heavy atom. The van der Waals surface area contributed by atoms with Crippen molar-refractivity contribution in [2.45, 2.75) is 64.8 Å². The van der Waals surface area contributed by atoms with Gasteiger partial charge in [0, 0.05) is 4.57 Å². The summed E-state index contributed by atoms with van der Waals surface area (Å²) >= 11 is 5.15. The second kappa shape index (κ2) is 13.7. The van der Waals surface area contributed by atoms with Crippen LogP contribution in [-0.4, -0.2) is 44.9 Å². The largest absolute Gasteiger partial charge is 0.702 e. The molecule has 0 atom stereocenters. The summed E-state index contributed by atoms with van der Waals surface area (Å²) in [7, 11) is -2.98. The van der Waals surface area contributed by atoms with Crippen LogP contribution in [-0.2, 0) is 13.6 Å². The van der Waals surface area contributed by atoms with E-state index in [1.54, 1.807) is 76.2 Å². The molecular formula is C32H32ClF2N3O7P+. The van der Waals surface area contributed by atoms with Crippen LogP contribution in [0, 0.1) is 11.6 Å². The molecule has 242 valence electrons. The fourth-order valence-corrected chi connectivity index (χ4v) is 6.87. The fraction of sp³-hybridized carbons (Fsp3) is 0.312. The van der Waals surface area contributed by atoms with Crippen LogP contribution in [0.1, 0.15) is 94.8 Å². The number of nitrogen functional groups attached to an aromatic ring is 1. The summed E-state index contributed by atoms with van der Waals surface area (Å²) in [5.41, 5.74) is 2.81. The molecule has 2 heterocycles. The van der Waals surface area contributed by atoms with Crippen LogP contribution < -0.4 is 5.73 Å². The number of fused-ring (bicyclic) bond motifs is 2. The van der Waals surface area contributed by atoms with Gasteiger partial charge in [-0.15, -0.1) is 0 Å². The van der Waals surface area contributed by atoms with Crippen LogP contribution in [0.2, 0.25) is 5.02 Å². The second-order valence-corrected chi connectivity index (χ2v) is 11.7. The molecule has 0 bridgehead atoms. The minimum absolute atomic E-state index is 0.147. The lowest BCUT2D eigenvalue weighted by Gasteiger charge is -2.35. The van der Waals surface area contributed by atoms with E-state index in [0.29, 0.717) is 0 Å². The first-order chi connectivity index (χ1) is 21.8. The van der Waals surface area contributed by atoms with E-state index >= 15 is 0 Å². The van der Waals surface area contributed by atoms with Gasteiger partial charge >= 0.3 is 8.25 Å². The third-order valence-electron chi connectivity index (χ3n) is 8.17. The molecule has 3 aromatic carbocycles. The number of amides is 4. The third-order valence-corrected chi connectivity index (χ3v) is 9.49. The number of hydrogen-bond donors (Lipinski definition) is 1. The highest BCUT2D eigenvalue weighted by Crippen LogP contribution is 2.47. The van der Waals surface area contributed by atoms with Gasteiger partial charge in [0.25, 0.3) is 23.6 Å². The average molecular weight is 675 g/mol. The summed E-state index contributed by atoms with van der Waals surface area (Å²) in [6, 6.07) is 15.0. The minimum Gasteiger partial charge on any atom is -0.396 e. The first-order valence-electron chi connectivity index (χ1n) is 14.5. The Labute approximate surface area is 270 Å². The molecule has 46 heavy (non-hydrogen) atoms. The molecule has 14 heteroatoms. The Bertz CT molecular complexity index is 1540. The van der Waals surface area contributed by atoms with Crippen molar-refractivity contribution in [3.8, 4) is 0 Å². The molecule has 0 unspecified atom stereocenters. The summed E-state index contributed by atoms with van der Waals surface area (Å²) in [6.07, 6.45) is 0.602. The molecule has 10 nitrogen and oxygen atoms in total. The molecule has 0 aromatic heterocycles. The number of nitrogens with two attached hydrogens (primary N) is 1. The van der Waals surface area contributed by atoms with Gasteiger partial charge in [-0.3, -0.25) is 19.2 Å². The summed E-state index contributed by atoms with van der Waals surface area (Å²) in [5, 5.41) is -0.556. The van der Waals surface area contributed by atoms with Gasteiger partial charge in [0.05, 0.1) is 27.9 Å². The number of hydrogen-bond acceptors (Lipinski definition) is 8. The molecule has 2 aliphatic heterocycles. The highest BCUT2D eigenvalue weighted by molar-refractivity contribution is 7.33. The van der Waals surface area contributed by atoms with Crippen molar-refractivity contribution >= 4 is 49.2 Å². The van der Waals surface area contributed by atoms with Crippen LogP contribution in [0.15, 0.2) is 60.7 Å². The summed E-state index contributed by atoms with van der Waals surface area (Å²) in [6.45, 7) is 6.86. The van der Waals surface area contributed by atoms with Crippen molar-refractivity contribution in [2.24, 2.45) is 0 Å². The first kappa shape index (κ1) is 34.8. The maximum atomic E-state index is 13.4. The molecule has 0 fully saturated rings. The Balaban J connectivity index is 0.000000409. The Morgan fingerprint density at radius 3 is 1.28 bits per heavy atom. The lowest BCUT2D eigenvalue weighted by molar-refractivity contribution is -0.0887. The third kappa shape index (κ3) is 5.93. The van der Waals surface area contributed by atoms with E-state index in [1.165, 1.54) is 0 Å². The van der Waals surface area contributed by atoms with E-state index in [2.05, 4.69) is 0 Å². The Kier molecular flexibility index (Phi) is 10.4. The summed E-state index contributed by atoms with van der Waals surface area (Å²) < 4.78 is 50.0. The summed E-state index contributed by atoms with van der Waals surface area (Å²) in [5.74, 6) is -3.86. The van der Waals surface area contributed by atoms with Crippen LogP contribution >= 0.6 is 19.9 Å². The number of rotatable bonds is 10. The van der Waals surface area contributed by atoms with E-state index in [0.717, 1.165) is 21.9 Å². The van der Waals surface area contributed by atoms with Gasteiger partial charge in [0.1, 0.15) is 10.8 Å². The highest BCUT2D eigenvalue weighted by Gasteiger charge is 2.58. The van der Waals surface area contributed by atoms with Crippen LogP contribution in [0.4, 0.5) is 14.5 Å². The first-order valence-corrected chi connectivity index (χ1v) is 16.0. The van der Waals surface area contributed by atoms with Gasteiger partial charge in [0.2, 0.25) is 11.4 Å². The number of benzene rings is 3. The molecule has 0 saturated heterocycles. The predicted molar refractivity (Wildman–Crippen MR) is 166 cm³/mol. The molecule has 3 aromatic rings. The smallest absolute Gasteiger partial charge is 0.396 e. The number of nitrogens with zero attached hydrogens (tertiary/aromatic N) is 2. The van der Waals surface area contributed by atoms with Crippen LogP contribution in [0.25, 0.3) is 0 Å². The second-order valence-electron chi connectivity index (χ2n) is 10.5. The maximum Gasteiger partial charge on any atom is 0.702 e. The van der Waals surface area contributed by atoms with Crippen molar-refractivity contribution in [3.05, 3.63) is 99.6 Å². The van der Waals surface area contributed by atoms with E-state index in [4.69, 9.17) is 26.4 Å². The summed E-state index contributed by atoms with van der Waals surface area (Å²) in [4.78, 5) is 54.6. The van der Waals surface area contributed by atoms with Crippen LogP contribution in [0.5, 0.6) is 0 Å². The van der Waals surface area contributed by atoms with Gasteiger partial charge in [-0.05, 0) is 62.1 Å². The van der Waals surface area contributed by atoms with Crippen LogP contribution in [0.3, 0.4) is 0 Å². The quantitative estimate of drug-likeness (QED) is 0.101.